The van der Waals surface area contributed by atoms with Crippen LogP contribution in [0, 0.1) is 0 Å². The van der Waals surface area contributed by atoms with Crippen LogP contribution < -0.4 is 0 Å². The van der Waals surface area contributed by atoms with Crippen LogP contribution in [0.15, 0.2) is 0 Å². The van der Waals surface area contributed by atoms with E-state index in [4.69, 9.17) is 8.92 Å². The molecular weight excluding hydrogens is 178 g/mol. The Morgan fingerprint density at radius 1 is 2.00 bits per heavy atom. The molecule has 0 aromatic carbocycles. The molecule has 24 valence electrons. The summed E-state index contributed by atoms with van der Waals surface area (Å²) in [5.74, 6) is 0. The Morgan fingerprint density at radius 3 is 2.25 bits per heavy atom. The van der Waals surface area contributed by atoms with E-state index < -0.39 is 19.5 Å². The van der Waals surface area contributed by atoms with Crippen LogP contribution in [-0.4, -0.2) is 23.6 Å². The molecule has 0 saturated carbocycles. The number of rotatable bonds is 0. The van der Waals surface area contributed by atoms with Gasteiger partial charge in [-0.25, -0.2) is 0 Å². The van der Waals surface area contributed by atoms with Gasteiger partial charge in [-0.2, -0.15) is 0 Å². The van der Waals surface area contributed by atoms with E-state index in [0.717, 1.165) is 0 Å². The fourth-order valence-corrected chi connectivity index (χ4v) is 0. The molecule has 0 aromatic rings. The first kappa shape index (κ1) is 4.96. The summed E-state index contributed by atoms with van der Waals surface area (Å²) in [6.45, 7) is 2.01. The molecule has 0 aliphatic heterocycles. The summed E-state index contributed by atoms with van der Waals surface area (Å²) in [5.41, 5.74) is 0. The molecule has 0 aliphatic carbocycles. The second-order valence-corrected chi connectivity index (χ2v) is 4.77. The van der Waals surface area contributed by atoms with Crippen LogP contribution in [0.1, 0.15) is 6.92 Å². The second-order valence-electron chi connectivity index (χ2n) is 0.459. The predicted octanol–water partition coefficient (Wildman–Crippen LogP) is 0.399. The van der Waals surface area contributed by atoms with Crippen LogP contribution in [0.5, 0.6) is 0 Å². The summed E-state index contributed by atoms with van der Waals surface area (Å²) in [6.07, 6.45) is 0. The molecule has 0 rings (SSSR count). The average molecular weight is 183 g/mol. The molecule has 0 bridgehead atoms. The van der Waals surface area contributed by atoms with Crippen LogP contribution in [0.4, 0.5) is 0 Å². The maximum atomic E-state index is 5.32. The molecule has 0 atom stereocenters. The molecule has 0 radical (unpaired) electrons. The molecule has 0 N–H and O–H groups in total. The summed E-state index contributed by atoms with van der Waals surface area (Å²) >= 11 is -0.558. The number of hydrogen-bond acceptors (Lipinski definition) is 0. The number of hydrogen-bond donors (Lipinski definition) is 0. The topological polar surface area (TPSA) is 0 Å². The van der Waals surface area contributed by atoms with Crippen molar-refractivity contribution in [1.82, 2.24) is 0 Å². The van der Waals surface area contributed by atoms with Crippen molar-refractivity contribution in [3.05, 3.63) is 0 Å². The molecule has 0 heterocycles. The average Bonchev–Trinajstić information content (AvgIpc) is 1.37. The van der Waals surface area contributed by atoms with E-state index >= 15 is 0 Å². The fraction of sp³-hybridized carbons (Fsp3) is 0.500. The van der Waals surface area contributed by atoms with Crippen LogP contribution in [0.2, 0.25) is 0 Å². The van der Waals surface area contributed by atoms with Gasteiger partial charge >= 0.3 is 39.4 Å². The van der Waals surface area contributed by atoms with Gasteiger partial charge in [-0.15, -0.1) is 0 Å². The fourth-order valence-electron chi connectivity index (χ4n) is 0. The van der Waals surface area contributed by atoms with Gasteiger partial charge in [0.05, 0.1) is 0 Å². The summed E-state index contributed by atoms with van der Waals surface area (Å²) in [4.78, 5) is 0. The van der Waals surface area contributed by atoms with E-state index in [1.54, 1.807) is 0 Å². The van der Waals surface area contributed by atoms with Crippen LogP contribution in [-0.2, 0) is 0 Å². The van der Waals surface area contributed by atoms with Crippen molar-refractivity contribution in [1.29, 1.82) is 0 Å². The van der Waals surface area contributed by atoms with E-state index in [1.165, 1.54) is 0 Å². The zero-order valence-corrected chi connectivity index (χ0v) is 6.58. The van der Waals surface area contributed by atoms with Crippen LogP contribution in [0.3, 0.4) is 0 Å². The molecule has 0 spiro atoms. The van der Waals surface area contributed by atoms with Gasteiger partial charge in [0.2, 0.25) is 0 Å². The zero-order chi connectivity index (χ0) is 3.41. The van der Waals surface area contributed by atoms with Crippen molar-refractivity contribution >= 4 is 32.5 Å². The van der Waals surface area contributed by atoms with Gasteiger partial charge in [-0.05, 0) is 0 Å². The maximum absolute atomic E-state index is 5.32. The van der Waals surface area contributed by atoms with Crippen molar-refractivity contribution in [2.75, 3.05) is 0 Å². The zero-order valence-electron chi connectivity index (χ0n) is 2.53. The van der Waals surface area contributed by atoms with Gasteiger partial charge in [0.25, 0.3) is 0 Å². The van der Waals surface area contributed by atoms with Gasteiger partial charge in [-0.1, -0.05) is 0 Å². The van der Waals surface area contributed by atoms with Crippen LogP contribution in [0.25, 0.3) is 0 Å². The van der Waals surface area contributed by atoms with Gasteiger partial charge < -0.3 is 0 Å². The van der Waals surface area contributed by atoms with Crippen molar-refractivity contribution in [3.63, 3.8) is 0 Å². The Balaban J connectivity index is 2.55. The number of halogens is 1. The Morgan fingerprint density at radius 2 is 2.25 bits per heavy atom. The summed E-state index contributed by atoms with van der Waals surface area (Å²) < 4.78 is 2.08. The summed E-state index contributed by atoms with van der Waals surface area (Å²) in [5, 5.41) is 0. The third-order valence-electron chi connectivity index (χ3n) is 0.126. The SMILES string of the molecule is C[CH]=[SnH][Cl]. The van der Waals surface area contributed by atoms with E-state index in [1.807, 2.05) is 6.92 Å². The summed E-state index contributed by atoms with van der Waals surface area (Å²) in [7, 11) is 5.32. The minimum atomic E-state index is -0.558. The van der Waals surface area contributed by atoms with Crippen molar-refractivity contribution in [3.8, 4) is 0 Å². The molecular formula is C2H5ClSn. The first-order valence-corrected chi connectivity index (χ1v) is 7.20. The molecule has 0 amide bonds. The van der Waals surface area contributed by atoms with Crippen molar-refractivity contribution < 1.29 is 0 Å². The predicted molar refractivity (Wildman–Crippen MR) is 24.7 cm³/mol. The first-order valence-electron chi connectivity index (χ1n) is 1.13. The monoisotopic (exact) mass is 184 g/mol. The third-order valence-corrected chi connectivity index (χ3v) is 2.54. The molecule has 0 fully saturated rings. The van der Waals surface area contributed by atoms with E-state index in [9.17, 15) is 0 Å². The van der Waals surface area contributed by atoms with E-state index in [0.29, 0.717) is 0 Å². The molecule has 2 heteroatoms. The quantitative estimate of drug-likeness (QED) is 0.477. The Labute approximate surface area is 39.6 Å². The Bertz CT molecular complexity index is 21.2. The third kappa shape index (κ3) is 2.96. The molecule has 0 aromatic heterocycles. The second kappa shape index (κ2) is 3.96. The van der Waals surface area contributed by atoms with Gasteiger partial charge in [0.1, 0.15) is 0 Å². The van der Waals surface area contributed by atoms with Gasteiger partial charge in [0, 0.05) is 0 Å². The minimum absolute atomic E-state index is 0.558. The molecule has 0 aliphatic rings. The Hall–Kier alpha value is 0.959. The molecule has 0 nitrogen and oxygen atoms in total. The van der Waals surface area contributed by atoms with Crippen molar-refractivity contribution in [2.45, 2.75) is 6.92 Å². The molecule has 0 unspecified atom stereocenters. The first-order chi connectivity index (χ1) is 1.91. The van der Waals surface area contributed by atoms with E-state index in [-0.39, 0.29) is 0 Å². The Kier molecular flexibility index (Phi) is 4.91. The van der Waals surface area contributed by atoms with Gasteiger partial charge in [-0.3, -0.25) is 0 Å². The normalized spacial score (nSPS) is 9.50. The molecule has 4 heavy (non-hydrogen) atoms. The molecule has 0 saturated heterocycles. The van der Waals surface area contributed by atoms with Crippen molar-refractivity contribution in [2.24, 2.45) is 0 Å². The van der Waals surface area contributed by atoms with E-state index in [2.05, 4.69) is 4.02 Å². The van der Waals surface area contributed by atoms with Crippen LogP contribution >= 0.6 is 8.92 Å². The van der Waals surface area contributed by atoms with Gasteiger partial charge in [0.15, 0.2) is 0 Å². The standard InChI is InChI=1S/C2H4.ClH.Sn.H/c1-2;;;/h1H,2H3;1H;;/q;;+1;/p-1. The summed E-state index contributed by atoms with van der Waals surface area (Å²) in [6, 6.07) is 0.